The van der Waals surface area contributed by atoms with Crippen LogP contribution in [0.15, 0.2) is 54.6 Å². The van der Waals surface area contributed by atoms with Crippen molar-refractivity contribution in [2.75, 3.05) is 18.5 Å². The highest BCUT2D eigenvalue weighted by molar-refractivity contribution is 5.84. The molecule has 0 aromatic heterocycles. The van der Waals surface area contributed by atoms with Gasteiger partial charge in [0.15, 0.2) is 6.10 Å². The fourth-order valence-corrected chi connectivity index (χ4v) is 3.11. The van der Waals surface area contributed by atoms with Crippen LogP contribution in [0.2, 0.25) is 0 Å². The van der Waals surface area contributed by atoms with E-state index in [1.807, 2.05) is 30.3 Å². The number of ether oxygens (including phenoxy) is 4. The molecule has 2 aliphatic heterocycles. The predicted molar refractivity (Wildman–Crippen MR) is 94.3 cm³/mol. The summed E-state index contributed by atoms with van der Waals surface area (Å²) in [6.45, 7) is 0.708. The van der Waals surface area contributed by atoms with Crippen LogP contribution in [0.3, 0.4) is 0 Å². The molecule has 2 aromatic rings. The number of nitrogens with one attached hydrogen (secondary N) is 1. The third-order valence-corrected chi connectivity index (χ3v) is 4.38. The Morgan fingerprint density at radius 3 is 2.42 bits per heavy atom. The summed E-state index contributed by atoms with van der Waals surface area (Å²) < 4.78 is 22.2. The van der Waals surface area contributed by atoms with E-state index < -0.39 is 12.2 Å². The number of amides is 1. The van der Waals surface area contributed by atoms with E-state index in [0.717, 1.165) is 5.75 Å². The van der Waals surface area contributed by atoms with Crippen LogP contribution >= 0.6 is 0 Å². The van der Waals surface area contributed by atoms with Gasteiger partial charge in [0.05, 0.1) is 19.3 Å². The van der Waals surface area contributed by atoms with E-state index in [4.69, 9.17) is 24.7 Å². The number of para-hydroxylation sites is 1. The van der Waals surface area contributed by atoms with E-state index in [1.54, 1.807) is 24.3 Å². The molecule has 0 bridgehead atoms. The molecule has 4 atom stereocenters. The second-order valence-electron chi connectivity index (χ2n) is 6.27. The van der Waals surface area contributed by atoms with Gasteiger partial charge in [0.25, 0.3) is 0 Å². The summed E-state index contributed by atoms with van der Waals surface area (Å²) in [6, 6.07) is 16.3. The smallest absolute Gasteiger partial charge is 0.412 e. The van der Waals surface area contributed by atoms with Crippen LogP contribution in [0.5, 0.6) is 11.5 Å². The number of carbonyl (C=O) groups is 1. The summed E-state index contributed by atoms with van der Waals surface area (Å²) in [5.74, 6) is 1.42. The lowest BCUT2D eigenvalue weighted by molar-refractivity contribution is 0.00899. The maximum absolute atomic E-state index is 12.1. The van der Waals surface area contributed by atoms with Crippen molar-refractivity contribution in [2.24, 2.45) is 5.73 Å². The fraction of sp³-hybridized carbons (Fsp3) is 0.316. The number of anilines is 1. The van der Waals surface area contributed by atoms with Crippen molar-refractivity contribution in [1.29, 1.82) is 0 Å². The van der Waals surface area contributed by atoms with Crippen molar-refractivity contribution < 1.29 is 23.7 Å². The quantitative estimate of drug-likeness (QED) is 0.875. The highest BCUT2D eigenvalue weighted by atomic mass is 16.6. The van der Waals surface area contributed by atoms with E-state index in [-0.39, 0.29) is 18.2 Å². The van der Waals surface area contributed by atoms with Crippen molar-refractivity contribution in [1.82, 2.24) is 0 Å². The first kappa shape index (κ1) is 16.8. The van der Waals surface area contributed by atoms with Crippen molar-refractivity contribution in [2.45, 2.75) is 24.4 Å². The van der Waals surface area contributed by atoms with Gasteiger partial charge in [-0.05, 0) is 36.4 Å². The number of nitrogens with two attached hydrogens (primary N) is 1. The fourth-order valence-electron chi connectivity index (χ4n) is 3.11. The first-order chi connectivity index (χ1) is 12.7. The first-order valence-electron chi connectivity index (χ1n) is 8.48. The molecule has 2 heterocycles. The number of fused-ring (bicyclic) bond motifs is 1. The largest absolute Gasteiger partial charge is 0.457 e. The molecule has 26 heavy (non-hydrogen) atoms. The Morgan fingerprint density at radius 1 is 0.962 bits per heavy atom. The number of hydrogen-bond donors (Lipinski definition) is 2. The monoisotopic (exact) mass is 356 g/mol. The summed E-state index contributed by atoms with van der Waals surface area (Å²) in [5, 5.41) is 2.69. The zero-order valence-electron chi connectivity index (χ0n) is 14.0. The zero-order valence-corrected chi connectivity index (χ0v) is 14.0. The van der Waals surface area contributed by atoms with Crippen LogP contribution in [0, 0.1) is 0 Å². The van der Waals surface area contributed by atoms with Crippen molar-refractivity contribution in [3.8, 4) is 11.5 Å². The number of hydrogen-bond acceptors (Lipinski definition) is 6. The molecule has 7 heteroatoms. The molecule has 136 valence electrons. The highest BCUT2D eigenvalue weighted by Crippen LogP contribution is 2.28. The Kier molecular flexibility index (Phi) is 4.75. The van der Waals surface area contributed by atoms with Crippen LogP contribution in [-0.4, -0.2) is 43.7 Å². The molecule has 0 aliphatic carbocycles. The van der Waals surface area contributed by atoms with Gasteiger partial charge in [-0.15, -0.1) is 0 Å². The predicted octanol–water partition coefficient (Wildman–Crippen LogP) is 2.52. The summed E-state index contributed by atoms with van der Waals surface area (Å²) in [6.07, 6.45) is -1.51. The minimum Gasteiger partial charge on any atom is -0.457 e. The number of benzene rings is 2. The standard InChI is InChI=1S/C19H20N2O5/c20-15-10-23-18-16(11-24-17(15)18)26-19(22)21-12-6-8-14(9-7-12)25-13-4-2-1-3-5-13/h1-9,15-18H,10-11,20H2,(H,21,22)/t15-,16+,17+,18+/m0/s1. The van der Waals surface area contributed by atoms with E-state index in [2.05, 4.69) is 5.32 Å². The van der Waals surface area contributed by atoms with Gasteiger partial charge in [0, 0.05) is 5.69 Å². The second kappa shape index (κ2) is 7.33. The molecule has 0 unspecified atom stereocenters. The minimum absolute atomic E-state index is 0.172. The summed E-state index contributed by atoms with van der Waals surface area (Å²) >= 11 is 0. The van der Waals surface area contributed by atoms with Crippen LogP contribution in [0.25, 0.3) is 0 Å². The normalized spacial score (nSPS) is 27.0. The molecule has 0 radical (unpaired) electrons. The third-order valence-electron chi connectivity index (χ3n) is 4.38. The minimum atomic E-state index is -0.556. The molecule has 2 aromatic carbocycles. The molecule has 0 spiro atoms. The van der Waals surface area contributed by atoms with Gasteiger partial charge in [0.2, 0.25) is 0 Å². The van der Waals surface area contributed by atoms with Gasteiger partial charge in [-0.25, -0.2) is 4.79 Å². The van der Waals surface area contributed by atoms with E-state index in [0.29, 0.717) is 24.7 Å². The molecule has 1 amide bonds. The molecule has 2 fully saturated rings. The molecular weight excluding hydrogens is 336 g/mol. The Hall–Kier alpha value is -2.61. The zero-order chi connectivity index (χ0) is 17.9. The highest BCUT2D eigenvalue weighted by Gasteiger charge is 2.48. The Balaban J connectivity index is 1.30. The van der Waals surface area contributed by atoms with Gasteiger partial charge in [0.1, 0.15) is 23.7 Å². The third kappa shape index (κ3) is 3.65. The number of rotatable bonds is 4. The van der Waals surface area contributed by atoms with Gasteiger partial charge in [-0.2, -0.15) is 0 Å². The maximum Gasteiger partial charge on any atom is 0.412 e. The first-order valence-corrected chi connectivity index (χ1v) is 8.48. The van der Waals surface area contributed by atoms with Crippen molar-refractivity contribution in [3.63, 3.8) is 0 Å². The summed E-state index contributed by atoms with van der Waals surface area (Å²) in [7, 11) is 0. The van der Waals surface area contributed by atoms with Crippen LogP contribution in [0.4, 0.5) is 10.5 Å². The maximum atomic E-state index is 12.1. The van der Waals surface area contributed by atoms with Gasteiger partial charge in [-0.3, -0.25) is 5.32 Å². The lowest BCUT2D eigenvalue weighted by Crippen LogP contribution is -2.38. The van der Waals surface area contributed by atoms with Crippen LogP contribution in [-0.2, 0) is 14.2 Å². The number of carbonyl (C=O) groups excluding carboxylic acids is 1. The van der Waals surface area contributed by atoms with E-state index in [9.17, 15) is 4.79 Å². The topological polar surface area (TPSA) is 92.0 Å². The van der Waals surface area contributed by atoms with Gasteiger partial charge >= 0.3 is 6.09 Å². The molecule has 2 aliphatic rings. The molecule has 2 saturated heterocycles. The van der Waals surface area contributed by atoms with Gasteiger partial charge < -0.3 is 24.7 Å². The molecule has 7 nitrogen and oxygen atoms in total. The lowest BCUT2D eigenvalue weighted by atomic mass is 10.1. The van der Waals surface area contributed by atoms with Gasteiger partial charge in [-0.1, -0.05) is 18.2 Å². The average molecular weight is 356 g/mol. The summed E-state index contributed by atoms with van der Waals surface area (Å²) in [4.78, 5) is 12.1. The molecule has 4 rings (SSSR count). The van der Waals surface area contributed by atoms with Crippen LogP contribution < -0.4 is 15.8 Å². The summed E-state index contributed by atoms with van der Waals surface area (Å²) in [5.41, 5.74) is 6.49. The molecular formula is C19H20N2O5. The Labute approximate surface area is 151 Å². The Morgan fingerprint density at radius 2 is 1.65 bits per heavy atom. The van der Waals surface area contributed by atoms with Crippen LogP contribution in [0.1, 0.15) is 0 Å². The Bertz CT molecular complexity index is 752. The van der Waals surface area contributed by atoms with E-state index in [1.165, 1.54) is 0 Å². The SMILES string of the molecule is N[C@H]1CO[C@H]2[C@@H]1OC[C@H]2OC(=O)Nc1ccc(Oc2ccccc2)cc1. The average Bonchev–Trinajstić information content (AvgIpc) is 3.21. The van der Waals surface area contributed by atoms with Crippen molar-refractivity contribution in [3.05, 3.63) is 54.6 Å². The second-order valence-corrected chi connectivity index (χ2v) is 6.27. The van der Waals surface area contributed by atoms with E-state index >= 15 is 0 Å². The lowest BCUT2D eigenvalue weighted by Gasteiger charge is -2.17. The van der Waals surface area contributed by atoms with Crippen molar-refractivity contribution >= 4 is 11.8 Å². The molecule has 3 N–H and O–H groups in total. The molecule has 0 saturated carbocycles.